The molecule has 3 rings (SSSR count). The first-order valence-corrected chi connectivity index (χ1v) is 7.80. The van der Waals surface area contributed by atoms with E-state index in [1.807, 2.05) is 30.3 Å². The standard InChI is InChI=1S/C17H23NO2/c19-17-11-10-16(15-8-4-5-9-15)12-18(17)20-13-14-6-2-1-3-7-14/h1-3,6-7,15-16H,4-5,8-13H2. The highest BCUT2D eigenvalue weighted by atomic mass is 16.7. The van der Waals surface area contributed by atoms with Crippen molar-refractivity contribution in [3.8, 4) is 0 Å². The van der Waals surface area contributed by atoms with Crippen LogP contribution in [0.1, 0.15) is 44.1 Å². The van der Waals surface area contributed by atoms with Crippen LogP contribution in [0.25, 0.3) is 0 Å². The van der Waals surface area contributed by atoms with Gasteiger partial charge in [0.25, 0.3) is 0 Å². The van der Waals surface area contributed by atoms with Crippen molar-refractivity contribution in [2.45, 2.75) is 45.1 Å². The van der Waals surface area contributed by atoms with Crippen LogP contribution in [0.15, 0.2) is 30.3 Å². The van der Waals surface area contributed by atoms with Gasteiger partial charge in [-0.15, -0.1) is 0 Å². The minimum atomic E-state index is 0.148. The van der Waals surface area contributed by atoms with Gasteiger partial charge in [0.15, 0.2) is 0 Å². The molecule has 20 heavy (non-hydrogen) atoms. The molecule has 108 valence electrons. The van der Waals surface area contributed by atoms with Gasteiger partial charge in [0, 0.05) is 6.42 Å². The molecule has 0 spiro atoms. The number of rotatable bonds is 4. The molecule has 1 unspecified atom stereocenters. The average Bonchev–Trinajstić information content (AvgIpc) is 3.02. The number of hydroxylamine groups is 2. The molecule has 3 heteroatoms. The largest absolute Gasteiger partial charge is 0.273 e. The smallest absolute Gasteiger partial charge is 0.246 e. The zero-order chi connectivity index (χ0) is 13.8. The highest BCUT2D eigenvalue weighted by Gasteiger charge is 2.33. The first-order chi connectivity index (χ1) is 9.83. The van der Waals surface area contributed by atoms with Crippen molar-refractivity contribution in [1.82, 2.24) is 5.06 Å². The molecule has 0 bridgehead atoms. The third-order valence-electron chi connectivity index (χ3n) is 4.70. The van der Waals surface area contributed by atoms with E-state index in [0.717, 1.165) is 24.4 Å². The van der Waals surface area contributed by atoms with Gasteiger partial charge in [-0.25, -0.2) is 5.06 Å². The number of hydrogen-bond acceptors (Lipinski definition) is 2. The Morgan fingerprint density at radius 2 is 1.80 bits per heavy atom. The third kappa shape index (κ3) is 3.21. The van der Waals surface area contributed by atoms with Crippen molar-refractivity contribution in [3.63, 3.8) is 0 Å². The summed E-state index contributed by atoms with van der Waals surface area (Å²) in [5.41, 5.74) is 1.11. The van der Waals surface area contributed by atoms with E-state index in [4.69, 9.17) is 4.84 Å². The van der Waals surface area contributed by atoms with Gasteiger partial charge in [-0.05, 0) is 23.8 Å². The van der Waals surface area contributed by atoms with E-state index in [2.05, 4.69) is 0 Å². The summed E-state index contributed by atoms with van der Waals surface area (Å²) in [4.78, 5) is 17.7. The summed E-state index contributed by atoms with van der Waals surface area (Å²) >= 11 is 0. The van der Waals surface area contributed by atoms with Crippen LogP contribution in [-0.4, -0.2) is 17.5 Å². The monoisotopic (exact) mass is 273 g/mol. The molecule has 1 aromatic rings. The fourth-order valence-corrected chi connectivity index (χ4v) is 3.50. The van der Waals surface area contributed by atoms with Gasteiger partial charge in [-0.2, -0.15) is 0 Å². The molecule has 1 aromatic carbocycles. The minimum Gasteiger partial charge on any atom is -0.273 e. The molecular formula is C17H23NO2. The Balaban J connectivity index is 1.55. The van der Waals surface area contributed by atoms with Crippen molar-refractivity contribution >= 4 is 5.91 Å². The number of benzene rings is 1. The van der Waals surface area contributed by atoms with Crippen LogP contribution < -0.4 is 0 Å². The summed E-state index contributed by atoms with van der Waals surface area (Å²) < 4.78 is 0. The predicted molar refractivity (Wildman–Crippen MR) is 77.6 cm³/mol. The molecule has 1 atom stereocenters. The van der Waals surface area contributed by atoms with Crippen LogP contribution in [0.3, 0.4) is 0 Å². The number of carbonyl (C=O) groups is 1. The highest BCUT2D eigenvalue weighted by Crippen LogP contribution is 2.36. The highest BCUT2D eigenvalue weighted by molar-refractivity contribution is 5.75. The Bertz CT molecular complexity index is 440. The van der Waals surface area contributed by atoms with Crippen LogP contribution in [0.5, 0.6) is 0 Å². The van der Waals surface area contributed by atoms with Gasteiger partial charge in [0.1, 0.15) is 6.61 Å². The molecule has 3 nitrogen and oxygen atoms in total. The molecule has 0 radical (unpaired) electrons. The minimum absolute atomic E-state index is 0.148. The number of carbonyl (C=O) groups excluding carboxylic acids is 1. The maximum atomic E-state index is 12.0. The van der Waals surface area contributed by atoms with E-state index in [1.165, 1.54) is 25.7 Å². The molecule has 1 saturated heterocycles. The molecule has 1 aliphatic heterocycles. The van der Waals surface area contributed by atoms with Crippen LogP contribution >= 0.6 is 0 Å². The Hall–Kier alpha value is -1.35. The number of nitrogens with zero attached hydrogens (tertiary/aromatic N) is 1. The van der Waals surface area contributed by atoms with Crippen LogP contribution in [0, 0.1) is 11.8 Å². The maximum Gasteiger partial charge on any atom is 0.246 e. The first-order valence-electron chi connectivity index (χ1n) is 7.80. The fourth-order valence-electron chi connectivity index (χ4n) is 3.50. The Morgan fingerprint density at radius 1 is 1.05 bits per heavy atom. The van der Waals surface area contributed by atoms with Crippen LogP contribution in [0.2, 0.25) is 0 Å². The van der Waals surface area contributed by atoms with Crippen molar-refractivity contribution in [2.24, 2.45) is 11.8 Å². The fraction of sp³-hybridized carbons (Fsp3) is 0.588. The van der Waals surface area contributed by atoms with Gasteiger partial charge in [0.05, 0.1) is 6.54 Å². The molecular weight excluding hydrogens is 250 g/mol. The lowest BCUT2D eigenvalue weighted by Crippen LogP contribution is -2.41. The van der Waals surface area contributed by atoms with Gasteiger partial charge in [-0.3, -0.25) is 9.63 Å². The van der Waals surface area contributed by atoms with E-state index in [0.29, 0.717) is 18.9 Å². The van der Waals surface area contributed by atoms with Crippen LogP contribution in [-0.2, 0) is 16.2 Å². The number of piperidine rings is 1. The van der Waals surface area contributed by atoms with Crippen molar-refractivity contribution in [2.75, 3.05) is 6.54 Å². The second-order valence-electron chi connectivity index (χ2n) is 6.06. The Kier molecular flexibility index (Phi) is 4.36. The van der Waals surface area contributed by atoms with E-state index in [1.54, 1.807) is 5.06 Å². The lowest BCUT2D eigenvalue weighted by atomic mass is 9.85. The van der Waals surface area contributed by atoms with E-state index >= 15 is 0 Å². The second-order valence-corrected chi connectivity index (χ2v) is 6.06. The molecule has 1 saturated carbocycles. The molecule has 1 amide bonds. The molecule has 0 aromatic heterocycles. The predicted octanol–water partition coefficient (Wildman–Crippen LogP) is 3.55. The van der Waals surface area contributed by atoms with Crippen molar-refractivity contribution in [1.29, 1.82) is 0 Å². The average molecular weight is 273 g/mol. The number of amides is 1. The van der Waals surface area contributed by atoms with E-state index in [-0.39, 0.29) is 5.91 Å². The van der Waals surface area contributed by atoms with E-state index in [9.17, 15) is 4.79 Å². The molecule has 1 heterocycles. The topological polar surface area (TPSA) is 29.5 Å². The molecule has 2 aliphatic rings. The molecule has 2 fully saturated rings. The van der Waals surface area contributed by atoms with Gasteiger partial charge >= 0.3 is 0 Å². The van der Waals surface area contributed by atoms with E-state index < -0.39 is 0 Å². The first kappa shape index (κ1) is 13.6. The summed E-state index contributed by atoms with van der Waals surface area (Å²) in [6, 6.07) is 10.0. The maximum absolute atomic E-state index is 12.0. The second kappa shape index (κ2) is 6.40. The Labute approximate surface area is 120 Å². The lowest BCUT2D eigenvalue weighted by molar-refractivity contribution is -0.203. The molecule has 0 N–H and O–H groups in total. The van der Waals surface area contributed by atoms with Gasteiger partial charge in [0.2, 0.25) is 5.91 Å². The zero-order valence-electron chi connectivity index (χ0n) is 12.0. The summed E-state index contributed by atoms with van der Waals surface area (Å²) in [6.45, 7) is 1.28. The molecule has 1 aliphatic carbocycles. The van der Waals surface area contributed by atoms with Gasteiger partial charge in [-0.1, -0.05) is 56.0 Å². The quantitative estimate of drug-likeness (QED) is 0.839. The summed E-state index contributed by atoms with van der Waals surface area (Å²) in [6.07, 6.45) is 7.10. The SMILES string of the molecule is O=C1CCC(C2CCCC2)CN1OCc1ccccc1. The van der Waals surface area contributed by atoms with Crippen molar-refractivity contribution < 1.29 is 9.63 Å². The zero-order valence-corrected chi connectivity index (χ0v) is 12.0. The van der Waals surface area contributed by atoms with Crippen molar-refractivity contribution in [3.05, 3.63) is 35.9 Å². The lowest BCUT2D eigenvalue weighted by Gasteiger charge is -2.34. The Morgan fingerprint density at radius 3 is 2.55 bits per heavy atom. The number of hydrogen-bond donors (Lipinski definition) is 0. The van der Waals surface area contributed by atoms with Gasteiger partial charge < -0.3 is 0 Å². The third-order valence-corrected chi connectivity index (χ3v) is 4.70. The van der Waals surface area contributed by atoms with Crippen LogP contribution in [0.4, 0.5) is 0 Å². The summed E-state index contributed by atoms with van der Waals surface area (Å²) in [5.74, 6) is 1.60. The summed E-state index contributed by atoms with van der Waals surface area (Å²) in [5, 5.41) is 1.62. The normalized spacial score (nSPS) is 24.3. The summed E-state index contributed by atoms with van der Waals surface area (Å²) in [7, 11) is 0.